The van der Waals surface area contributed by atoms with Crippen molar-refractivity contribution in [3.05, 3.63) is 59.2 Å². The summed E-state index contributed by atoms with van der Waals surface area (Å²) in [6.07, 6.45) is 0. The average Bonchev–Trinajstić information content (AvgIpc) is 3.16. The van der Waals surface area contributed by atoms with Crippen LogP contribution < -0.4 is 0 Å². The molecule has 5 nitrogen and oxygen atoms in total. The quantitative estimate of drug-likeness (QED) is 0.653. The van der Waals surface area contributed by atoms with E-state index in [1.165, 1.54) is 7.11 Å². The van der Waals surface area contributed by atoms with Crippen LogP contribution in [0.25, 0.3) is 11.0 Å². The van der Waals surface area contributed by atoms with Crippen LogP contribution in [0.2, 0.25) is 0 Å². The minimum absolute atomic E-state index is 0.0735. The Morgan fingerprint density at radius 3 is 2.71 bits per heavy atom. The zero-order chi connectivity index (χ0) is 17.3. The number of ether oxygens (including phenoxy) is 1. The van der Waals surface area contributed by atoms with E-state index in [9.17, 15) is 4.79 Å². The number of hydrogen-bond acceptors (Lipinski definition) is 5. The first-order chi connectivity index (χ1) is 11.5. The molecular formula is C19H21NO4. The maximum absolute atomic E-state index is 11.6. The molecule has 0 bridgehead atoms. The molecule has 0 fully saturated rings. The second kappa shape index (κ2) is 6.53. The van der Waals surface area contributed by atoms with E-state index in [1.54, 1.807) is 0 Å². The van der Waals surface area contributed by atoms with Crippen molar-refractivity contribution in [2.75, 3.05) is 14.2 Å². The molecule has 0 aliphatic heterocycles. The summed E-state index contributed by atoms with van der Waals surface area (Å²) in [6.45, 7) is 4.48. The fourth-order valence-electron chi connectivity index (χ4n) is 2.73. The largest absolute Gasteiger partial charge is 0.463 e. The van der Waals surface area contributed by atoms with Gasteiger partial charge in [0.1, 0.15) is 17.1 Å². The van der Waals surface area contributed by atoms with Gasteiger partial charge in [-0.1, -0.05) is 18.2 Å². The molecule has 2 aromatic heterocycles. The predicted octanol–water partition coefficient (Wildman–Crippen LogP) is 4.31. The Bertz CT molecular complexity index is 828. The second-order valence-corrected chi connectivity index (χ2v) is 5.99. The lowest BCUT2D eigenvalue weighted by atomic mass is 10.2. The van der Waals surface area contributed by atoms with Crippen molar-refractivity contribution in [1.29, 1.82) is 0 Å². The zero-order valence-electron chi connectivity index (χ0n) is 14.3. The van der Waals surface area contributed by atoms with Gasteiger partial charge < -0.3 is 13.6 Å². The number of furan rings is 2. The van der Waals surface area contributed by atoms with Gasteiger partial charge in [-0.05, 0) is 39.1 Å². The summed E-state index contributed by atoms with van der Waals surface area (Å²) in [4.78, 5) is 13.8. The SMILES string of the molecule is COC(=O)c1oc(CN(C)[C@@H](C)c2cc3ccccc3o2)cc1C. The van der Waals surface area contributed by atoms with E-state index in [0.717, 1.165) is 28.1 Å². The fourth-order valence-corrected chi connectivity index (χ4v) is 2.73. The van der Waals surface area contributed by atoms with Crippen molar-refractivity contribution in [2.24, 2.45) is 0 Å². The van der Waals surface area contributed by atoms with E-state index < -0.39 is 5.97 Å². The van der Waals surface area contributed by atoms with Crippen molar-refractivity contribution in [3.63, 3.8) is 0 Å². The van der Waals surface area contributed by atoms with E-state index in [1.807, 2.05) is 44.3 Å². The van der Waals surface area contributed by atoms with Gasteiger partial charge in [0.05, 0.1) is 19.7 Å². The molecule has 1 aromatic carbocycles. The molecule has 0 saturated heterocycles. The van der Waals surface area contributed by atoms with Gasteiger partial charge in [-0.3, -0.25) is 4.90 Å². The highest BCUT2D eigenvalue weighted by molar-refractivity contribution is 5.87. The number of fused-ring (bicyclic) bond motifs is 1. The number of esters is 1. The van der Waals surface area contributed by atoms with Gasteiger partial charge in [-0.15, -0.1) is 0 Å². The van der Waals surface area contributed by atoms with Crippen LogP contribution in [0, 0.1) is 6.92 Å². The van der Waals surface area contributed by atoms with Crippen LogP contribution >= 0.6 is 0 Å². The number of nitrogens with zero attached hydrogens (tertiary/aromatic N) is 1. The average molecular weight is 327 g/mol. The van der Waals surface area contributed by atoms with Gasteiger partial charge in [-0.2, -0.15) is 0 Å². The van der Waals surface area contributed by atoms with Gasteiger partial charge in [0.15, 0.2) is 0 Å². The highest BCUT2D eigenvalue weighted by Gasteiger charge is 2.20. The van der Waals surface area contributed by atoms with Crippen LogP contribution in [-0.2, 0) is 11.3 Å². The van der Waals surface area contributed by atoms with Gasteiger partial charge in [0.25, 0.3) is 0 Å². The number of rotatable bonds is 5. The summed E-state index contributed by atoms with van der Waals surface area (Å²) in [5.74, 6) is 1.43. The van der Waals surface area contributed by atoms with Crippen LogP contribution in [0.5, 0.6) is 0 Å². The van der Waals surface area contributed by atoms with Crippen molar-refractivity contribution in [1.82, 2.24) is 4.90 Å². The predicted molar refractivity (Wildman–Crippen MR) is 90.9 cm³/mol. The minimum atomic E-state index is -0.452. The zero-order valence-corrected chi connectivity index (χ0v) is 14.3. The maximum atomic E-state index is 11.6. The number of para-hydroxylation sites is 1. The summed E-state index contributed by atoms with van der Waals surface area (Å²) in [5.41, 5.74) is 1.66. The smallest absolute Gasteiger partial charge is 0.374 e. The number of methoxy groups -OCH3 is 1. The molecule has 0 amide bonds. The first-order valence-electron chi connectivity index (χ1n) is 7.86. The highest BCUT2D eigenvalue weighted by atomic mass is 16.5. The number of carbonyl (C=O) groups is 1. The first-order valence-corrected chi connectivity index (χ1v) is 7.86. The Balaban J connectivity index is 1.76. The summed E-state index contributed by atoms with van der Waals surface area (Å²) < 4.78 is 16.3. The Hall–Kier alpha value is -2.53. The lowest BCUT2D eigenvalue weighted by molar-refractivity contribution is 0.0559. The molecule has 0 aliphatic rings. The lowest BCUT2D eigenvalue weighted by Gasteiger charge is -2.21. The van der Waals surface area contributed by atoms with Crippen LogP contribution in [-0.4, -0.2) is 25.0 Å². The lowest BCUT2D eigenvalue weighted by Crippen LogP contribution is -2.21. The molecule has 0 spiro atoms. The minimum Gasteiger partial charge on any atom is -0.463 e. The molecule has 3 aromatic rings. The van der Waals surface area contributed by atoms with Gasteiger partial charge >= 0.3 is 5.97 Å². The Labute approximate surface area is 140 Å². The molecule has 2 heterocycles. The van der Waals surface area contributed by atoms with Gasteiger partial charge in [-0.25, -0.2) is 4.79 Å². The van der Waals surface area contributed by atoms with Gasteiger partial charge in [0, 0.05) is 10.9 Å². The van der Waals surface area contributed by atoms with Crippen molar-refractivity contribution < 1.29 is 18.4 Å². The van der Waals surface area contributed by atoms with E-state index in [4.69, 9.17) is 13.6 Å². The van der Waals surface area contributed by atoms with Crippen LogP contribution in [0.3, 0.4) is 0 Å². The number of benzene rings is 1. The third-order valence-electron chi connectivity index (χ3n) is 4.26. The molecule has 0 unspecified atom stereocenters. The van der Waals surface area contributed by atoms with E-state index in [2.05, 4.69) is 17.9 Å². The highest BCUT2D eigenvalue weighted by Crippen LogP contribution is 2.28. The number of carbonyl (C=O) groups excluding carboxylic acids is 1. The first kappa shape index (κ1) is 16.3. The summed E-state index contributed by atoms with van der Waals surface area (Å²) >= 11 is 0. The van der Waals surface area contributed by atoms with Crippen molar-refractivity contribution in [2.45, 2.75) is 26.4 Å². The summed E-state index contributed by atoms with van der Waals surface area (Å²) in [5, 5.41) is 1.09. The Kier molecular flexibility index (Phi) is 4.44. The molecule has 1 atom stereocenters. The third-order valence-corrected chi connectivity index (χ3v) is 4.26. The van der Waals surface area contributed by atoms with E-state index >= 15 is 0 Å². The second-order valence-electron chi connectivity index (χ2n) is 5.99. The molecule has 24 heavy (non-hydrogen) atoms. The Morgan fingerprint density at radius 1 is 1.25 bits per heavy atom. The van der Waals surface area contributed by atoms with Crippen molar-refractivity contribution in [3.8, 4) is 0 Å². The molecule has 5 heteroatoms. The van der Waals surface area contributed by atoms with Crippen LogP contribution in [0.4, 0.5) is 0 Å². The molecule has 0 N–H and O–H groups in total. The summed E-state index contributed by atoms with van der Waals surface area (Å²) in [7, 11) is 3.34. The third kappa shape index (κ3) is 3.08. The molecule has 3 rings (SSSR count). The molecule has 0 aliphatic carbocycles. The van der Waals surface area contributed by atoms with Gasteiger partial charge in [0.2, 0.25) is 5.76 Å². The summed E-state index contributed by atoms with van der Waals surface area (Å²) in [6, 6.07) is 12.0. The maximum Gasteiger partial charge on any atom is 0.374 e. The van der Waals surface area contributed by atoms with Crippen LogP contribution in [0.1, 0.15) is 40.6 Å². The normalized spacial score (nSPS) is 12.7. The van der Waals surface area contributed by atoms with E-state index in [-0.39, 0.29) is 11.8 Å². The molecular weight excluding hydrogens is 306 g/mol. The monoisotopic (exact) mass is 327 g/mol. The standard InChI is InChI=1S/C19H21NO4/c1-12-9-15(23-18(12)19(21)22-4)11-20(3)13(2)17-10-14-7-5-6-8-16(14)24-17/h5-10,13H,11H2,1-4H3/t13-/m0/s1. The fraction of sp³-hybridized carbons (Fsp3) is 0.316. The molecule has 0 saturated carbocycles. The topological polar surface area (TPSA) is 55.8 Å². The van der Waals surface area contributed by atoms with E-state index in [0.29, 0.717) is 6.54 Å². The molecule has 0 radical (unpaired) electrons. The van der Waals surface area contributed by atoms with Crippen LogP contribution in [0.15, 0.2) is 45.2 Å². The van der Waals surface area contributed by atoms with Crippen molar-refractivity contribution >= 4 is 16.9 Å². The number of aryl methyl sites for hydroxylation is 1. The Morgan fingerprint density at radius 2 is 2.00 bits per heavy atom. The molecule has 126 valence electrons. The number of hydrogen-bond donors (Lipinski definition) is 0.